The summed E-state index contributed by atoms with van der Waals surface area (Å²) in [5.74, 6) is 3.10. The molecule has 5 fully saturated rings. The molecule has 0 heterocycles. The first kappa shape index (κ1) is 23.4. The van der Waals surface area contributed by atoms with Crippen LogP contribution in [0.1, 0.15) is 113 Å². The summed E-state index contributed by atoms with van der Waals surface area (Å²) in [6.07, 6.45) is 17.4. The summed E-state index contributed by atoms with van der Waals surface area (Å²) < 4.78 is 0. The molecule has 0 aliphatic heterocycles. The average molecular weight is 443 g/mol. The fourth-order valence-electron chi connectivity index (χ4n) is 11.0. The molecule has 5 aliphatic carbocycles. The summed E-state index contributed by atoms with van der Waals surface area (Å²) in [6, 6.07) is 0. The van der Waals surface area contributed by atoms with Crippen molar-refractivity contribution in [2.45, 2.75) is 124 Å². The van der Waals surface area contributed by atoms with Gasteiger partial charge in [-0.3, -0.25) is 0 Å². The summed E-state index contributed by atoms with van der Waals surface area (Å²) in [7, 11) is 0. The lowest BCUT2D eigenvalue weighted by Crippen LogP contribution is -2.57. The molecule has 5 rings (SSSR count). The molecule has 0 aromatic rings. The van der Waals surface area contributed by atoms with Crippen LogP contribution in [-0.4, -0.2) is 21.9 Å². The number of hydrogen-bond acceptors (Lipinski definition) is 2. The predicted octanol–water partition coefficient (Wildman–Crippen LogP) is 7.14. The topological polar surface area (TPSA) is 40.5 Å². The Bertz CT molecular complexity index is 791. The van der Waals surface area contributed by atoms with Crippen LogP contribution in [0, 0.1) is 50.7 Å². The third kappa shape index (κ3) is 2.84. The van der Waals surface area contributed by atoms with Gasteiger partial charge in [0.15, 0.2) is 0 Å². The summed E-state index contributed by atoms with van der Waals surface area (Å²) >= 11 is 0. The van der Waals surface area contributed by atoms with Gasteiger partial charge in [-0.15, -0.1) is 0 Å². The number of fused-ring (bicyclic) bond motifs is 2. The highest BCUT2D eigenvalue weighted by Crippen LogP contribution is 2.89. The second-order valence-electron chi connectivity index (χ2n) is 14.8. The molecular formula is C30H50O2. The van der Waals surface area contributed by atoms with Gasteiger partial charge in [-0.1, -0.05) is 46.8 Å². The van der Waals surface area contributed by atoms with Gasteiger partial charge in [0.1, 0.15) is 0 Å². The minimum absolute atomic E-state index is 0.0912. The number of hydrogen-bond donors (Lipinski definition) is 2. The predicted molar refractivity (Wildman–Crippen MR) is 132 cm³/mol. The van der Waals surface area contributed by atoms with Crippen LogP contribution in [0.25, 0.3) is 0 Å². The zero-order chi connectivity index (χ0) is 23.4. The van der Waals surface area contributed by atoms with E-state index in [1.807, 2.05) is 19.9 Å². The molecular weight excluding hydrogens is 392 g/mol. The van der Waals surface area contributed by atoms with Crippen LogP contribution in [-0.2, 0) is 0 Å². The van der Waals surface area contributed by atoms with E-state index in [1.165, 1.54) is 51.4 Å². The Labute approximate surface area is 197 Å². The van der Waals surface area contributed by atoms with Crippen molar-refractivity contribution in [2.75, 3.05) is 0 Å². The number of aliphatic hydroxyl groups is 2. The lowest BCUT2D eigenvalue weighted by molar-refractivity contribution is -0.161. The van der Waals surface area contributed by atoms with Gasteiger partial charge in [0.25, 0.3) is 0 Å². The Morgan fingerprint density at radius 2 is 1.53 bits per heavy atom. The number of allylic oxidation sites excluding steroid dienone is 1. The van der Waals surface area contributed by atoms with Crippen molar-refractivity contribution < 1.29 is 10.2 Å². The minimum atomic E-state index is -0.703. The quantitative estimate of drug-likeness (QED) is 0.454. The lowest BCUT2D eigenvalue weighted by Gasteiger charge is -2.63. The van der Waals surface area contributed by atoms with E-state index in [1.54, 1.807) is 0 Å². The highest BCUT2D eigenvalue weighted by molar-refractivity contribution is 5.30. The second-order valence-corrected chi connectivity index (χ2v) is 14.8. The van der Waals surface area contributed by atoms with Crippen molar-refractivity contribution >= 4 is 0 Å². The first-order valence-corrected chi connectivity index (χ1v) is 13.8. The normalized spacial score (nSPS) is 52.7. The van der Waals surface area contributed by atoms with E-state index in [9.17, 15) is 10.2 Å². The molecule has 32 heavy (non-hydrogen) atoms. The van der Waals surface area contributed by atoms with Crippen LogP contribution < -0.4 is 0 Å². The molecule has 2 heteroatoms. The van der Waals surface area contributed by atoms with E-state index >= 15 is 0 Å². The van der Waals surface area contributed by atoms with Gasteiger partial charge in [-0.2, -0.15) is 0 Å². The van der Waals surface area contributed by atoms with E-state index in [2.05, 4.69) is 40.7 Å². The van der Waals surface area contributed by atoms with E-state index in [0.29, 0.717) is 27.6 Å². The highest BCUT2D eigenvalue weighted by Gasteiger charge is 2.82. The maximum absolute atomic E-state index is 10.8. The number of rotatable bonds is 4. The van der Waals surface area contributed by atoms with Gasteiger partial charge in [-0.25, -0.2) is 0 Å². The van der Waals surface area contributed by atoms with E-state index < -0.39 is 5.60 Å². The molecule has 0 saturated heterocycles. The monoisotopic (exact) mass is 442 g/mol. The Morgan fingerprint density at radius 1 is 0.875 bits per heavy atom. The Morgan fingerprint density at radius 3 is 2.22 bits per heavy atom. The van der Waals surface area contributed by atoms with Crippen molar-refractivity contribution in [3.05, 3.63) is 12.2 Å². The van der Waals surface area contributed by atoms with Crippen molar-refractivity contribution in [1.82, 2.24) is 0 Å². The summed E-state index contributed by atoms with van der Waals surface area (Å²) in [5, 5.41) is 20.9. The molecule has 0 bridgehead atoms. The van der Waals surface area contributed by atoms with Crippen molar-refractivity contribution in [3.8, 4) is 0 Å². The molecule has 0 aromatic heterocycles. The van der Waals surface area contributed by atoms with Crippen LogP contribution in [0.4, 0.5) is 0 Å². The summed E-state index contributed by atoms with van der Waals surface area (Å²) in [5.41, 5.74) is 1.44. The fourth-order valence-corrected chi connectivity index (χ4v) is 11.0. The molecule has 2 N–H and O–H groups in total. The van der Waals surface area contributed by atoms with Gasteiger partial charge in [-0.05, 0) is 129 Å². The van der Waals surface area contributed by atoms with Crippen LogP contribution in [0.2, 0.25) is 0 Å². The summed E-state index contributed by atoms with van der Waals surface area (Å²) in [6.45, 7) is 16.3. The molecule has 0 aromatic carbocycles. The maximum Gasteiger partial charge on any atom is 0.0771 e. The zero-order valence-electron chi connectivity index (χ0n) is 22.0. The van der Waals surface area contributed by atoms with Crippen LogP contribution in [0.15, 0.2) is 12.2 Å². The molecule has 5 aliphatic rings. The molecule has 9 atom stereocenters. The van der Waals surface area contributed by atoms with Gasteiger partial charge >= 0.3 is 0 Å². The van der Waals surface area contributed by atoms with Crippen LogP contribution in [0.3, 0.4) is 0 Å². The highest BCUT2D eigenvalue weighted by atomic mass is 16.3. The molecule has 9 unspecified atom stereocenters. The lowest BCUT2D eigenvalue weighted by atomic mass is 9.42. The molecule has 2 spiro atoms. The maximum atomic E-state index is 10.8. The molecule has 5 saturated carbocycles. The van der Waals surface area contributed by atoms with Gasteiger partial charge in [0, 0.05) is 0 Å². The second kappa shape index (κ2) is 6.87. The van der Waals surface area contributed by atoms with E-state index in [-0.39, 0.29) is 11.5 Å². The molecule has 182 valence electrons. The summed E-state index contributed by atoms with van der Waals surface area (Å²) in [4.78, 5) is 0. The smallest absolute Gasteiger partial charge is 0.0771 e. The Hall–Kier alpha value is -0.340. The number of aliphatic hydroxyl groups excluding tert-OH is 1. The van der Waals surface area contributed by atoms with Gasteiger partial charge in [0.05, 0.1) is 11.7 Å². The largest absolute Gasteiger partial charge is 0.393 e. The third-order valence-electron chi connectivity index (χ3n) is 12.9. The van der Waals surface area contributed by atoms with Crippen molar-refractivity contribution in [1.29, 1.82) is 0 Å². The fraction of sp³-hybridized carbons (Fsp3) is 0.933. The Kier molecular flexibility index (Phi) is 5.02. The molecule has 2 nitrogen and oxygen atoms in total. The van der Waals surface area contributed by atoms with Crippen LogP contribution in [0.5, 0.6) is 0 Å². The average Bonchev–Trinajstić information content (AvgIpc) is 3.27. The molecule has 0 amide bonds. The van der Waals surface area contributed by atoms with Crippen molar-refractivity contribution in [2.24, 2.45) is 50.7 Å². The van der Waals surface area contributed by atoms with Crippen LogP contribution >= 0.6 is 0 Å². The Balaban J connectivity index is 1.40. The standard InChI is InChI=1S/C30H50O2/c1-20(9-8-14-25(2,3)32)21-12-15-28(7)23-11-10-22-26(4,5)24(31)13-16-29(22)19-30(23,29)18-17-27(21,28)6/h8,14,20-24,31-32H,9-13,15-19H2,1-7H3/b14-8+. The molecule has 0 radical (unpaired) electrons. The van der Waals surface area contributed by atoms with E-state index in [0.717, 1.165) is 30.6 Å². The SMILES string of the molecule is CC(C/C=C/C(C)(C)O)C1CCC2(C)C3CCC4C(C)(C)C(O)CCC45CC35CCC12C. The van der Waals surface area contributed by atoms with E-state index in [4.69, 9.17) is 0 Å². The third-order valence-corrected chi connectivity index (χ3v) is 12.9. The van der Waals surface area contributed by atoms with Crippen molar-refractivity contribution in [3.63, 3.8) is 0 Å². The zero-order valence-corrected chi connectivity index (χ0v) is 22.0. The van der Waals surface area contributed by atoms with Gasteiger partial charge in [0.2, 0.25) is 0 Å². The van der Waals surface area contributed by atoms with Gasteiger partial charge < -0.3 is 10.2 Å². The first-order chi connectivity index (χ1) is 14.7. The first-order valence-electron chi connectivity index (χ1n) is 13.8. The minimum Gasteiger partial charge on any atom is -0.393 e.